The molecule has 129 heavy (non-hydrogen) atoms. The van der Waals surface area contributed by atoms with Gasteiger partial charge in [0.15, 0.2) is 5.75 Å². The number of aryl methyl sites for hydroxylation is 3. The summed E-state index contributed by atoms with van der Waals surface area (Å²) >= 11 is 0. The molecule has 0 bridgehead atoms. The third-order valence-corrected chi connectivity index (χ3v) is 23.0. The molecule has 0 spiro atoms. The van der Waals surface area contributed by atoms with Gasteiger partial charge in [-0.3, -0.25) is 39.1 Å². The van der Waals surface area contributed by atoms with E-state index in [0.717, 1.165) is 204 Å². The van der Waals surface area contributed by atoms with E-state index in [1.165, 1.54) is 13.4 Å². The van der Waals surface area contributed by atoms with Crippen LogP contribution in [0.3, 0.4) is 0 Å². The molecule has 8 aliphatic rings. The molecule has 1 unspecified atom stereocenters. The lowest BCUT2D eigenvalue weighted by Crippen LogP contribution is -2.43. The molecule has 20 rings (SSSR count). The largest absolute Gasteiger partial charge is 0.491 e. The molecule has 1 aliphatic carbocycles. The van der Waals surface area contributed by atoms with Crippen LogP contribution in [0.5, 0.6) is 17.6 Å². The van der Waals surface area contributed by atoms with Gasteiger partial charge in [0.2, 0.25) is 17.8 Å². The van der Waals surface area contributed by atoms with Crippen molar-refractivity contribution in [3.63, 3.8) is 0 Å². The number of piperazine rings is 4. The van der Waals surface area contributed by atoms with Crippen LogP contribution in [0.4, 0.5) is 63.3 Å². The molecule has 12 aromatic rings. The second kappa shape index (κ2) is 41.0. The first-order valence-electron chi connectivity index (χ1n) is 42.8. The molecule has 0 saturated carbocycles. The lowest BCUT2D eigenvalue weighted by molar-refractivity contribution is 0.101. The lowest BCUT2D eigenvalue weighted by atomic mass is 9.98. The average Bonchev–Trinajstić information content (AvgIpc) is 1.71. The zero-order valence-corrected chi connectivity index (χ0v) is 71.9. The van der Waals surface area contributed by atoms with E-state index in [-0.39, 0.29) is 35.2 Å². The number of carbonyl (C=O) groups is 4. The molecule has 41 nitrogen and oxygen atoms in total. The third-order valence-electron chi connectivity index (χ3n) is 23.0. The van der Waals surface area contributed by atoms with Crippen LogP contribution in [-0.4, -0.2) is 244 Å². The second-order valence-corrected chi connectivity index (χ2v) is 31.2. The summed E-state index contributed by atoms with van der Waals surface area (Å²) in [6, 6.07) is 16.5. The summed E-state index contributed by atoms with van der Waals surface area (Å²) in [7, 11) is 4.75. The van der Waals surface area contributed by atoms with Gasteiger partial charge in [-0.15, -0.1) is 0 Å². The molecular weight excluding hydrogens is 1650 g/mol. The highest BCUT2D eigenvalue weighted by atomic mass is 16.5. The molecule has 4 fully saturated rings. The van der Waals surface area contributed by atoms with Gasteiger partial charge < -0.3 is 91.0 Å². The predicted molar refractivity (Wildman–Crippen MR) is 481 cm³/mol. The van der Waals surface area contributed by atoms with E-state index >= 15 is 0 Å². The van der Waals surface area contributed by atoms with Crippen LogP contribution < -0.4 is 91.0 Å². The molecule has 4 saturated heterocycles. The quantitative estimate of drug-likeness (QED) is 0.0466. The van der Waals surface area contributed by atoms with E-state index in [0.29, 0.717) is 120 Å². The number of carbonyl (C=O) groups excluding carboxylic acids is 4. The molecule has 19 heterocycles. The number of ether oxygens (including phenoxy) is 3. The van der Waals surface area contributed by atoms with Gasteiger partial charge in [0.25, 0.3) is 29.5 Å². The van der Waals surface area contributed by atoms with Crippen molar-refractivity contribution >= 4 is 87.0 Å². The fourth-order valence-electron chi connectivity index (χ4n) is 16.3. The number of aromatic nitrogens is 19. The van der Waals surface area contributed by atoms with Crippen LogP contribution in [0.1, 0.15) is 117 Å². The van der Waals surface area contributed by atoms with Crippen molar-refractivity contribution in [2.75, 3.05) is 182 Å². The minimum atomic E-state index is -0.309. The number of hydrogen-bond acceptors (Lipinski definition) is 37. The summed E-state index contributed by atoms with van der Waals surface area (Å²) in [6.07, 6.45) is 30.4. The summed E-state index contributed by atoms with van der Waals surface area (Å²) in [5, 5.41) is 25.3. The van der Waals surface area contributed by atoms with Crippen molar-refractivity contribution in [3.05, 3.63) is 233 Å². The predicted octanol–water partition coefficient (Wildman–Crippen LogP) is 5.46. The Labute approximate surface area is 743 Å². The minimum absolute atomic E-state index is 0.124. The topological polar surface area (TPSA) is 460 Å². The Morgan fingerprint density at radius 3 is 1.16 bits per heavy atom. The Hall–Kier alpha value is -15.0. The van der Waals surface area contributed by atoms with Crippen LogP contribution in [0, 0.1) is 6.92 Å². The smallest absolute Gasteiger partial charge is 0.316 e. The van der Waals surface area contributed by atoms with E-state index in [4.69, 9.17) is 14.2 Å². The molecule has 0 radical (unpaired) electrons. The van der Waals surface area contributed by atoms with Gasteiger partial charge in [-0.2, -0.15) is 4.98 Å². The fraction of sp³-hybridized carbons (Fsp3) is 0.352. The maximum atomic E-state index is 13.2. The molecule has 8 N–H and O–H groups in total. The number of hydrogen-bond donors (Lipinski definition) is 8. The van der Waals surface area contributed by atoms with Gasteiger partial charge in [0.05, 0.1) is 128 Å². The average molecular weight is 1740 g/mol. The number of nitrogens with zero attached hydrogens (tertiary/aromatic N) is 26. The SMILES string of the molecule is COc1cc2c(nc1OC)CCC(c1nccc(C(=O)Nc3cnccc3N3CCNCC3)n1)CC2.COc1ncc2c(n1)CN(c1nccc(C(=O)Nc3cnccc3N3CCNCC3)n1)C2.Cc1ncc2c(n1)CN(c1nccc(C(=O)Nc3cnccc3N3CCNCC3)n1)C2.O=C(Nc1cnccc1N1CCNCC1)c1ccnc(N2Cc3cncnc3C2)n1. The Morgan fingerprint density at radius 2 is 0.744 bits per heavy atom. The van der Waals surface area contributed by atoms with Gasteiger partial charge in [-0.25, -0.2) is 69.8 Å². The van der Waals surface area contributed by atoms with Gasteiger partial charge >= 0.3 is 6.01 Å². The molecule has 1 atom stereocenters. The molecule has 12 aromatic heterocycles. The lowest BCUT2D eigenvalue weighted by Gasteiger charge is -2.30. The van der Waals surface area contributed by atoms with E-state index in [2.05, 4.69) is 157 Å². The maximum Gasteiger partial charge on any atom is 0.316 e. The molecule has 4 amide bonds. The number of amides is 4. The van der Waals surface area contributed by atoms with Crippen LogP contribution in [0.15, 0.2) is 154 Å². The number of rotatable bonds is 19. The third kappa shape index (κ3) is 20.9. The monoisotopic (exact) mass is 1740 g/mol. The second-order valence-electron chi connectivity index (χ2n) is 31.2. The zero-order chi connectivity index (χ0) is 88.4. The van der Waals surface area contributed by atoms with Crippen LogP contribution in [-0.2, 0) is 52.1 Å². The van der Waals surface area contributed by atoms with Gasteiger partial charge in [0.1, 0.15) is 40.8 Å². The standard InChI is InChI=1S/C26H31N7O3.C21H23N9O2.C21H23N9O.C20H21N9O/c1-35-23-15-18-4-3-17(5-6-19(18)32-26(23)36-2)24-29-10-7-20(30-24)25(34)31-21-16-28-9-8-22(21)33-13-11-27-12-14-33;1-32-21-25-10-14-12-30(13-17(14)28-21)20-24-5-2-15(27-20)19(31)26-16-11-23-4-3-18(16)29-8-6-22-7-9-29;1-14-25-10-15-12-30(13-18(15)26-14)21-24-5-2-16(28-21)20(31)27-17-11-23-4-3-19(17)29-8-6-22-7-9-29;30-19(26-16-10-22-3-2-18(16)28-7-5-21-6-8-28)15-1-4-24-20(27-15)29-11-14-9-23-13-25-17(14)12-29/h7-10,15-17,27H,3-6,11-14H2,1-2H3,(H,31,34);2-5,10-11,22H,6-9,12-13H2,1H3,(H,26,31);2-5,10-11,22H,6-9,12-13H2,1H3,(H,27,31);1-4,9-10,13,21H,5-8,11-12H2,(H,26,30). The summed E-state index contributed by atoms with van der Waals surface area (Å²) in [5.41, 5.74) is 15.8. The van der Waals surface area contributed by atoms with E-state index in [1.807, 2.05) is 58.2 Å². The van der Waals surface area contributed by atoms with E-state index < -0.39 is 0 Å². The number of pyridine rings is 5. The number of nitrogens with one attached hydrogen (secondary N) is 8. The zero-order valence-electron chi connectivity index (χ0n) is 71.9. The van der Waals surface area contributed by atoms with Crippen molar-refractivity contribution < 1.29 is 33.4 Å². The van der Waals surface area contributed by atoms with Crippen molar-refractivity contribution in [2.45, 2.75) is 77.8 Å². The number of methoxy groups -OCH3 is 3. The van der Waals surface area contributed by atoms with E-state index in [1.54, 1.807) is 125 Å². The summed E-state index contributed by atoms with van der Waals surface area (Å²) in [5.74, 6) is 2.98. The Balaban J connectivity index is 0.000000121. The van der Waals surface area contributed by atoms with Gasteiger partial charge in [-0.05, 0) is 92.8 Å². The van der Waals surface area contributed by atoms with Crippen molar-refractivity contribution in [1.82, 2.24) is 116 Å². The van der Waals surface area contributed by atoms with Crippen molar-refractivity contribution in [1.29, 1.82) is 0 Å². The van der Waals surface area contributed by atoms with Crippen LogP contribution >= 0.6 is 0 Å². The Kier molecular flexibility index (Phi) is 27.4. The minimum Gasteiger partial charge on any atom is -0.491 e. The summed E-state index contributed by atoms with van der Waals surface area (Å²) < 4.78 is 15.9. The highest BCUT2D eigenvalue weighted by Gasteiger charge is 2.31. The first-order chi connectivity index (χ1) is 63.3. The van der Waals surface area contributed by atoms with Gasteiger partial charge in [0, 0.05) is 221 Å². The highest BCUT2D eigenvalue weighted by molar-refractivity contribution is 6.07. The first-order valence-corrected chi connectivity index (χ1v) is 42.8. The van der Waals surface area contributed by atoms with E-state index in [9.17, 15) is 19.2 Å². The van der Waals surface area contributed by atoms with Gasteiger partial charge in [-0.1, -0.05) is 0 Å². The number of fused-ring (bicyclic) bond motifs is 4. The summed E-state index contributed by atoms with van der Waals surface area (Å²) in [4.78, 5) is 150. The highest BCUT2D eigenvalue weighted by Crippen LogP contribution is 2.37. The molecule has 0 aromatic carbocycles. The van der Waals surface area contributed by atoms with Crippen LogP contribution in [0.25, 0.3) is 0 Å². The van der Waals surface area contributed by atoms with Crippen molar-refractivity contribution in [2.24, 2.45) is 0 Å². The molecule has 41 heteroatoms. The van der Waals surface area contributed by atoms with Crippen molar-refractivity contribution in [3.8, 4) is 17.6 Å². The molecule has 662 valence electrons. The normalized spacial score (nSPS) is 16.2. The Bertz CT molecular complexity index is 5920. The molecule has 7 aliphatic heterocycles. The maximum absolute atomic E-state index is 13.2. The first kappa shape index (κ1) is 86.2. The fourth-order valence-corrected chi connectivity index (χ4v) is 16.3. The Morgan fingerprint density at radius 1 is 0.349 bits per heavy atom. The summed E-state index contributed by atoms with van der Waals surface area (Å²) in [6.45, 7) is 19.7. The number of anilines is 11. The molecular formula is C88H98N34O7. The van der Waals surface area contributed by atoms with Crippen LogP contribution in [0.2, 0.25) is 0 Å².